The molecule has 0 amide bonds. The minimum absolute atomic E-state index is 0. The van der Waals surface area contributed by atoms with E-state index >= 15 is 0 Å². The molecule has 1 aromatic carbocycles. The Kier molecular flexibility index (Phi) is 2.21. The second kappa shape index (κ2) is 3.40. The van der Waals surface area contributed by atoms with Gasteiger partial charge in [-0.15, -0.1) is 12.4 Å². The van der Waals surface area contributed by atoms with Gasteiger partial charge in [-0.1, -0.05) is 0 Å². The molecule has 0 saturated heterocycles. The predicted molar refractivity (Wildman–Crippen MR) is 63.1 cm³/mol. The summed E-state index contributed by atoms with van der Waals surface area (Å²) in [6, 6.07) is 5.98. The summed E-state index contributed by atoms with van der Waals surface area (Å²) in [4.78, 5) is 11.3. The lowest BCUT2D eigenvalue weighted by Crippen LogP contribution is -1.93. The fraction of sp³-hybridized carbons (Fsp3) is 0. The molecule has 0 aliphatic heterocycles. The Morgan fingerprint density at radius 2 is 2.07 bits per heavy atom. The first kappa shape index (κ1) is 9.73. The highest BCUT2D eigenvalue weighted by atomic mass is 35.5. The number of hydrogen-bond donors (Lipinski definition) is 2. The van der Waals surface area contributed by atoms with Crippen LogP contribution < -0.4 is 5.73 Å². The van der Waals surface area contributed by atoms with Crippen LogP contribution in [0.5, 0.6) is 0 Å². The van der Waals surface area contributed by atoms with Crippen molar-refractivity contribution in [2.24, 2.45) is 0 Å². The summed E-state index contributed by atoms with van der Waals surface area (Å²) in [6.45, 7) is 0. The van der Waals surface area contributed by atoms with Crippen molar-refractivity contribution in [2.45, 2.75) is 0 Å². The van der Waals surface area contributed by atoms with Crippen LogP contribution in [0, 0.1) is 0 Å². The van der Waals surface area contributed by atoms with Crippen molar-refractivity contribution in [3.05, 3.63) is 30.6 Å². The second-order valence-electron chi connectivity index (χ2n) is 3.17. The summed E-state index contributed by atoms with van der Waals surface area (Å²) in [5.74, 6) is 0.311. The zero-order valence-corrected chi connectivity index (χ0v) is 8.58. The number of fused-ring (bicyclic) bond motifs is 3. The Labute approximate surface area is 91.9 Å². The lowest BCUT2D eigenvalue weighted by Gasteiger charge is -1.98. The highest BCUT2D eigenvalue weighted by Gasteiger charge is 2.02. The average molecular weight is 221 g/mol. The van der Waals surface area contributed by atoms with Crippen LogP contribution in [0.25, 0.3) is 21.8 Å². The van der Waals surface area contributed by atoms with Gasteiger partial charge in [0.2, 0.25) is 5.95 Å². The van der Waals surface area contributed by atoms with E-state index in [1.165, 1.54) is 0 Å². The first-order chi connectivity index (χ1) is 6.84. The molecule has 0 fully saturated rings. The van der Waals surface area contributed by atoms with Crippen LogP contribution in [0.15, 0.2) is 30.6 Å². The topological polar surface area (TPSA) is 67.6 Å². The van der Waals surface area contributed by atoms with Crippen LogP contribution in [-0.4, -0.2) is 15.0 Å². The first-order valence-corrected chi connectivity index (χ1v) is 4.33. The summed E-state index contributed by atoms with van der Waals surface area (Å²) in [5, 5.41) is 2.09. The van der Waals surface area contributed by atoms with E-state index < -0.39 is 0 Å². The number of nitrogen functional groups attached to an aromatic ring is 1. The maximum Gasteiger partial charge on any atom is 0.220 e. The summed E-state index contributed by atoms with van der Waals surface area (Å²) in [7, 11) is 0. The van der Waals surface area contributed by atoms with Gasteiger partial charge in [0.1, 0.15) is 0 Å². The molecule has 5 heteroatoms. The minimum atomic E-state index is 0. The third-order valence-corrected chi connectivity index (χ3v) is 2.30. The molecule has 3 rings (SSSR count). The molecule has 0 spiro atoms. The average Bonchev–Trinajstić information content (AvgIpc) is 2.65. The number of nitrogens with one attached hydrogen (secondary N) is 1. The fourth-order valence-electron chi connectivity index (χ4n) is 1.64. The highest BCUT2D eigenvalue weighted by molar-refractivity contribution is 6.03. The summed E-state index contributed by atoms with van der Waals surface area (Å²) in [6.07, 6.45) is 3.63. The molecule has 0 aliphatic rings. The molecular weight excluding hydrogens is 212 g/mol. The Morgan fingerprint density at radius 1 is 1.20 bits per heavy atom. The molecule has 0 bridgehead atoms. The van der Waals surface area contributed by atoms with E-state index in [9.17, 15) is 0 Å². The number of H-pyrrole nitrogens is 1. The van der Waals surface area contributed by atoms with Crippen molar-refractivity contribution in [1.29, 1.82) is 0 Å². The molecule has 3 N–H and O–H groups in total. The molecule has 0 unspecified atom stereocenters. The summed E-state index contributed by atoms with van der Waals surface area (Å²) < 4.78 is 0. The maximum absolute atomic E-state index is 5.55. The lowest BCUT2D eigenvalue weighted by molar-refractivity contribution is 1.24. The van der Waals surface area contributed by atoms with Gasteiger partial charge in [0, 0.05) is 28.7 Å². The van der Waals surface area contributed by atoms with E-state index in [0.29, 0.717) is 5.95 Å². The van der Waals surface area contributed by atoms with E-state index in [2.05, 4.69) is 15.0 Å². The van der Waals surface area contributed by atoms with Gasteiger partial charge in [-0.3, -0.25) is 0 Å². The predicted octanol–water partition coefficient (Wildman–Crippen LogP) is 2.12. The van der Waals surface area contributed by atoms with Crippen LogP contribution in [-0.2, 0) is 0 Å². The van der Waals surface area contributed by atoms with Crippen molar-refractivity contribution in [1.82, 2.24) is 15.0 Å². The van der Waals surface area contributed by atoms with Crippen molar-refractivity contribution in [3.8, 4) is 0 Å². The van der Waals surface area contributed by atoms with Crippen LogP contribution in [0.4, 0.5) is 5.95 Å². The van der Waals surface area contributed by atoms with Gasteiger partial charge < -0.3 is 10.7 Å². The Morgan fingerprint density at radius 3 is 2.93 bits per heavy atom. The van der Waals surface area contributed by atoms with Gasteiger partial charge in [0.25, 0.3) is 0 Å². The number of aromatic amines is 1. The van der Waals surface area contributed by atoms with E-state index in [0.717, 1.165) is 21.8 Å². The standard InChI is InChI=1S/C10H8N4.ClH/c11-10-13-5-6-1-2-8-7(3-4-12-8)9(6)14-10;/h1-5,12H,(H2,11,13,14);1H. The molecule has 15 heavy (non-hydrogen) atoms. The van der Waals surface area contributed by atoms with Crippen molar-refractivity contribution >= 4 is 40.2 Å². The molecule has 0 radical (unpaired) electrons. The van der Waals surface area contributed by atoms with E-state index in [-0.39, 0.29) is 12.4 Å². The third-order valence-electron chi connectivity index (χ3n) is 2.30. The van der Waals surface area contributed by atoms with Crippen molar-refractivity contribution in [3.63, 3.8) is 0 Å². The van der Waals surface area contributed by atoms with Crippen LogP contribution >= 0.6 is 12.4 Å². The molecule has 2 heterocycles. The van der Waals surface area contributed by atoms with Gasteiger partial charge in [-0.2, -0.15) is 0 Å². The van der Waals surface area contributed by atoms with Gasteiger partial charge in [-0.05, 0) is 18.2 Å². The zero-order chi connectivity index (χ0) is 9.54. The molecule has 0 aliphatic carbocycles. The number of anilines is 1. The maximum atomic E-state index is 5.55. The highest BCUT2D eigenvalue weighted by Crippen LogP contribution is 2.22. The Hall–Kier alpha value is -1.81. The number of nitrogens with two attached hydrogens (primary N) is 1. The van der Waals surface area contributed by atoms with Crippen LogP contribution in [0.2, 0.25) is 0 Å². The normalized spacial score (nSPS) is 10.4. The summed E-state index contributed by atoms with van der Waals surface area (Å²) in [5.41, 5.74) is 7.52. The molecule has 4 nitrogen and oxygen atoms in total. The van der Waals surface area contributed by atoms with E-state index in [4.69, 9.17) is 5.73 Å². The minimum Gasteiger partial charge on any atom is -0.368 e. The van der Waals surface area contributed by atoms with Crippen molar-refractivity contribution in [2.75, 3.05) is 5.73 Å². The lowest BCUT2D eigenvalue weighted by atomic mass is 10.2. The number of hydrogen-bond acceptors (Lipinski definition) is 3. The summed E-state index contributed by atoms with van der Waals surface area (Å²) >= 11 is 0. The van der Waals surface area contributed by atoms with Gasteiger partial charge in [-0.25, -0.2) is 9.97 Å². The fourth-order valence-corrected chi connectivity index (χ4v) is 1.64. The molecule has 0 saturated carbocycles. The number of benzene rings is 1. The molecular formula is C10H9ClN4. The van der Waals surface area contributed by atoms with Crippen molar-refractivity contribution < 1.29 is 0 Å². The van der Waals surface area contributed by atoms with E-state index in [1.54, 1.807) is 6.20 Å². The molecule has 76 valence electrons. The largest absolute Gasteiger partial charge is 0.368 e. The number of rotatable bonds is 0. The molecule has 0 atom stereocenters. The van der Waals surface area contributed by atoms with Gasteiger partial charge in [0.05, 0.1) is 5.52 Å². The third kappa shape index (κ3) is 1.39. The number of aromatic nitrogens is 3. The molecule has 2 aromatic heterocycles. The Balaban J connectivity index is 0.000000853. The van der Waals surface area contributed by atoms with Gasteiger partial charge in [0.15, 0.2) is 0 Å². The first-order valence-electron chi connectivity index (χ1n) is 4.33. The van der Waals surface area contributed by atoms with Gasteiger partial charge >= 0.3 is 0 Å². The smallest absolute Gasteiger partial charge is 0.220 e. The monoisotopic (exact) mass is 220 g/mol. The number of nitrogens with zero attached hydrogens (tertiary/aromatic N) is 2. The number of halogens is 1. The Bertz CT molecular complexity index is 617. The van der Waals surface area contributed by atoms with Crippen LogP contribution in [0.3, 0.4) is 0 Å². The second-order valence-corrected chi connectivity index (χ2v) is 3.17. The molecule has 3 aromatic rings. The quantitative estimate of drug-likeness (QED) is 0.610. The zero-order valence-electron chi connectivity index (χ0n) is 7.77. The van der Waals surface area contributed by atoms with Crippen LogP contribution in [0.1, 0.15) is 0 Å². The van der Waals surface area contributed by atoms with E-state index in [1.807, 2.05) is 24.4 Å². The SMILES string of the molecule is Cl.Nc1ncc2ccc3[nH]ccc3c2n1.